The van der Waals surface area contributed by atoms with E-state index < -0.39 is 47.7 Å². The van der Waals surface area contributed by atoms with Gasteiger partial charge in [-0.05, 0) is 19.1 Å². The Kier molecular flexibility index (Phi) is 7.17. The first-order valence-electron chi connectivity index (χ1n) is 10.3. The van der Waals surface area contributed by atoms with Crippen LogP contribution in [0.25, 0.3) is 11.2 Å². The Morgan fingerprint density at radius 2 is 1.86 bits per heavy atom. The van der Waals surface area contributed by atoms with E-state index in [9.17, 15) is 24.0 Å². The standard InChI is InChI=1S/C19H22N8O7S/c1-2-20-17(30)14-12(28)13(29)18(34-14)27-8-23-11-15(21-7-22-16(11)27)25-19(31)24-9-5-3-4-6-10(9)26-35(32)33/h3-8,12-14,18,26,28-29H,2H2,1H3,(H,20,30)(H,32,33)(H2,21,22,24,25,31)/t12-,13+,14-,18+/m0/s1. The lowest BCUT2D eigenvalue weighted by Gasteiger charge is -2.16. The molecule has 35 heavy (non-hydrogen) atoms. The number of urea groups is 1. The van der Waals surface area contributed by atoms with E-state index in [2.05, 4.69) is 35.6 Å². The van der Waals surface area contributed by atoms with Gasteiger partial charge in [0.25, 0.3) is 17.2 Å². The molecule has 4 rings (SSSR count). The molecule has 1 unspecified atom stereocenters. The highest BCUT2D eigenvalue weighted by atomic mass is 32.2. The number of rotatable bonds is 7. The number of anilines is 3. The van der Waals surface area contributed by atoms with E-state index in [1.165, 1.54) is 23.0 Å². The maximum Gasteiger partial charge on any atom is 0.324 e. The molecular formula is C19H22N8O7S. The number of nitrogens with zero attached hydrogens (tertiary/aromatic N) is 4. The lowest BCUT2D eigenvalue weighted by atomic mass is 10.1. The van der Waals surface area contributed by atoms with Gasteiger partial charge >= 0.3 is 6.03 Å². The monoisotopic (exact) mass is 506 g/mol. The van der Waals surface area contributed by atoms with Gasteiger partial charge in [0, 0.05) is 6.54 Å². The Hall–Kier alpha value is -3.70. The van der Waals surface area contributed by atoms with Gasteiger partial charge in [-0.1, -0.05) is 12.1 Å². The highest BCUT2D eigenvalue weighted by molar-refractivity contribution is 7.80. The van der Waals surface area contributed by atoms with E-state index in [0.29, 0.717) is 6.54 Å². The molecule has 7 N–H and O–H groups in total. The van der Waals surface area contributed by atoms with Crippen LogP contribution in [0.15, 0.2) is 36.9 Å². The molecule has 0 spiro atoms. The Labute approximate surface area is 200 Å². The number of likely N-dealkylation sites (N-methyl/N-ethyl adjacent to an activating group) is 1. The summed E-state index contributed by atoms with van der Waals surface area (Å²) in [5.74, 6) is -0.546. The van der Waals surface area contributed by atoms with Crippen molar-refractivity contribution in [2.24, 2.45) is 0 Å². The molecule has 2 aromatic heterocycles. The topological polar surface area (TPSA) is 213 Å². The molecule has 3 heterocycles. The molecule has 5 atom stereocenters. The molecule has 3 aromatic rings. The van der Waals surface area contributed by atoms with Gasteiger partial charge in [-0.2, -0.15) is 0 Å². The maximum atomic E-state index is 12.6. The summed E-state index contributed by atoms with van der Waals surface area (Å²) in [6.45, 7) is 2.03. The van der Waals surface area contributed by atoms with Gasteiger partial charge < -0.3 is 25.6 Å². The number of carbonyl (C=O) groups is 2. The van der Waals surface area contributed by atoms with Crippen LogP contribution in [0.4, 0.5) is 22.0 Å². The van der Waals surface area contributed by atoms with Crippen LogP contribution in [-0.2, 0) is 20.8 Å². The zero-order valence-electron chi connectivity index (χ0n) is 18.2. The van der Waals surface area contributed by atoms with Crippen molar-refractivity contribution in [3.05, 3.63) is 36.9 Å². The summed E-state index contributed by atoms with van der Waals surface area (Å²) in [7, 11) is 0. The number of imidazole rings is 1. The lowest BCUT2D eigenvalue weighted by molar-refractivity contribution is -0.137. The third-order valence-electron chi connectivity index (χ3n) is 5.09. The number of ether oxygens (including phenoxy) is 1. The van der Waals surface area contributed by atoms with E-state index in [-0.39, 0.29) is 28.4 Å². The molecule has 0 saturated carbocycles. The molecule has 0 bridgehead atoms. The highest BCUT2D eigenvalue weighted by Crippen LogP contribution is 2.32. The molecule has 0 radical (unpaired) electrons. The van der Waals surface area contributed by atoms with Crippen molar-refractivity contribution in [3.8, 4) is 0 Å². The molecule has 0 aliphatic carbocycles. The molecule has 1 fully saturated rings. The van der Waals surface area contributed by atoms with Gasteiger partial charge in [0.1, 0.15) is 18.5 Å². The minimum atomic E-state index is -2.34. The van der Waals surface area contributed by atoms with E-state index >= 15 is 0 Å². The summed E-state index contributed by atoms with van der Waals surface area (Å²) < 4.78 is 29.3. The van der Waals surface area contributed by atoms with E-state index in [4.69, 9.17) is 9.29 Å². The molecule has 3 amide bonds. The second kappa shape index (κ2) is 10.3. The van der Waals surface area contributed by atoms with Gasteiger partial charge in [0.2, 0.25) is 0 Å². The van der Waals surface area contributed by atoms with Gasteiger partial charge in [-0.15, -0.1) is 0 Å². The summed E-state index contributed by atoms with van der Waals surface area (Å²) in [6, 6.07) is 5.55. The zero-order valence-corrected chi connectivity index (χ0v) is 19.0. The predicted molar refractivity (Wildman–Crippen MR) is 123 cm³/mol. The number of carbonyl (C=O) groups excluding carboxylic acids is 2. The Morgan fingerprint density at radius 3 is 2.57 bits per heavy atom. The molecule has 1 saturated heterocycles. The van der Waals surface area contributed by atoms with E-state index in [1.54, 1.807) is 19.1 Å². The van der Waals surface area contributed by atoms with Crippen LogP contribution in [0.5, 0.6) is 0 Å². The first-order valence-corrected chi connectivity index (χ1v) is 11.4. The Morgan fingerprint density at radius 1 is 1.11 bits per heavy atom. The van der Waals surface area contributed by atoms with Crippen LogP contribution >= 0.6 is 0 Å². The SMILES string of the molecule is CCNC(=O)[C@H]1O[C@@H](n2cnc3c(NC(=O)Nc4ccccc4NS(=O)O)ncnc32)[C@H](O)[C@@H]1O. The highest BCUT2D eigenvalue weighted by Gasteiger charge is 2.47. The van der Waals surface area contributed by atoms with Crippen molar-refractivity contribution in [1.82, 2.24) is 24.8 Å². The van der Waals surface area contributed by atoms with E-state index in [0.717, 1.165) is 6.33 Å². The van der Waals surface area contributed by atoms with Gasteiger partial charge in [-0.3, -0.25) is 24.0 Å². The fraction of sp³-hybridized carbons (Fsp3) is 0.316. The normalized spacial score (nSPS) is 22.5. The number of aliphatic hydroxyl groups excluding tert-OH is 2. The van der Waals surface area contributed by atoms with Crippen LogP contribution in [0.2, 0.25) is 0 Å². The second-order valence-corrected chi connectivity index (χ2v) is 8.05. The summed E-state index contributed by atoms with van der Waals surface area (Å²) in [5.41, 5.74) is 0.766. The number of para-hydroxylation sites is 2. The third kappa shape index (κ3) is 5.05. The zero-order chi connectivity index (χ0) is 25.1. The van der Waals surface area contributed by atoms with Crippen molar-refractivity contribution in [2.75, 3.05) is 21.9 Å². The lowest BCUT2D eigenvalue weighted by Crippen LogP contribution is -2.42. The molecule has 1 aromatic carbocycles. The summed E-state index contributed by atoms with van der Waals surface area (Å²) in [6.07, 6.45) is -2.96. The van der Waals surface area contributed by atoms with Crippen molar-refractivity contribution in [3.63, 3.8) is 0 Å². The maximum absolute atomic E-state index is 12.6. The molecule has 1 aliphatic rings. The smallest absolute Gasteiger partial charge is 0.324 e. The third-order valence-corrected chi connectivity index (χ3v) is 5.48. The first-order chi connectivity index (χ1) is 16.8. The number of nitrogens with one attached hydrogen (secondary N) is 4. The fourth-order valence-corrected chi connectivity index (χ4v) is 3.91. The molecular weight excluding hydrogens is 484 g/mol. The van der Waals surface area contributed by atoms with Crippen LogP contribution < -0.4 is 20.7 Å². The number of aliphatic hydroxyl groups is 2. The Bertz CT molecular complexity index is 1270. The van der Waals surface area contributed by atoms with E-state index in [1.807, 2.05) is 0 Å². The van der Waals surface area contributed by atoms with Crippen LogP contribution in [0.3, 0.4) is 0 Å². The minimum absolute atomic E-state index is 0.0238. The van der Waals surface area contributed by atoms with Crippen molar-refractivity contribution >= 4 is 51.6 Å². The number of amides is 3. The summed E-state index contributed by atoms with van der Waals surface area (Å²) in [4.78, 5) is 37.0. The van der Waals surface area contributed by atoms with Gasteiger partial charge in [0.05, 0.1) is 17.7 Å². The average Bonchev–Trinajstić information content (AvgIpc) is 3.37. The predicted octanol–water partition coefficient (Wildman–Crippen LogP) is -0.226. The largest absolute Gasteiger partial charge is 0.387 e. The number of aromatic nitrogens is 4. The molecule has 186 valence electrons. The number of hydrogen-bond acceptors (Lipinski definition) is 9. The number of benzene rings is 1. The number of hydrogen-bond donors (Lipinski definition) is 7. The van der Waals surface area contributed by atoms with Crippen LogP contribution in [0, 0.1) is 0 Å². The second-order valence-electron chi connectivity index (χ2n) is 7.35. The minimum Gasteiger partial charge on any atom is -0.387 e. The molecule has 1 aliphatic heterocycles. The molecule has 15 nitrogen and oxygen atoms in total. The van der Waals surface area contributed by atoms with Crippen molar-refractivity contribution < 1.29 is 33.3 Å². The van der Waals surface area contributed by atoms with Gasteiger partial charge in [0.15, 0.2) is 29.3 Å². The molecule has 16 heteroatoms. The van der Waals surface area contributed by atoms with Crippen LogP contribution in [-0.4, -0.2) is 75.3 Å². The fourth-order valence-electron chi connectivity index (χ4n) is 3.55. The van der Waals surface area contributed by atoms with Gasteiger partial charge in [-0.25, -0.2) is 24.0 Å². The average molecular weight is 507 g/mol. The first kappa shape index (κ1) is 24.4. The van der Waals surface area contributed by atoms with Crippen molar-refractivity contribution in [2.45, 2.75) is 31.5 Å². The number of fused-ring (bicyclic) bond motifs is 1. The van der Waals surface area contributed by atoms with Crippen LogP contribution in [0.1, 0.15) is 13.2 Å². The summed E-state index contributed by atoms with van der Waals surface area (Å²) >= 11 is -2.34. The quantitative estimate of drug-likeness (QED) is 0.209. The Balaban J connectivity index is 1.54. The van der Waals surface area contributed by atoms with Crippen molar-refractivity contribution in [1.29, 1.82) is 0 Å². The summed E-state index contributed by atoms with van der Waals surface area (Å²) in [5, 5.41) is 28.3.